The van der Waals surface area contributed by atoms with E-state index in [9.17, 15) is 9.32 Å². The van der Waals surface area contributed by atoms with Gasteiger partial charge in [0.15, 0.2) is 11.5 Å². The molecule has 4 nitrogen and oxygen atoms in total. The summed E-state index contributed by atoms with van der Waals surface area (Å²) in [5.41, 5.74) is 1.03. The van der Waals surface area contributed by atoms with E-state index in [-0.39, 0.29) is 5.75 Å². The van der Waals surface area contributed by atoms with Crippen molar-refractivity contribution in [1.82, 2.24) is 5.32 Å². The Bertz CT molecular complexity index is 426. The Morgan fingerprint density at radius 3 is 2.78 bits per heavy atom. The molecule has 0 spiro atoms. The molecule has 1 heterocycles. The van der Waals surface area contributed by atoms with Crippen LogP contribution in [-0.2, 0) is 17.3 Å². The summed E-state index contributed by atoms with van der Waals surface area (Å²) in [5.74, 6) is 2.25. The van der Waals surface area contributed by atoms with Crippen LogP contribution in [0, 0.1) is 0 Å². The fourth-order valence-electron chi connectivity index (χ4n) is 2.11. The number of aromatic hydroxyl groups is 1. The Morgan fingerprint density at radius 2 is 2.17 bits per heavy atom. The van der Waals surface area contributed by atoms with Crippen molar-refractivity contribution in [2.75, 3.05) is 18.6 Å². The van der Waals surface area contributed by atoms with Gasteiger partial charge in [0.2, 0.25) is 0 Å². The van der Waals surface area contributed by atoms with Gasteiger partial charge >= 0.3 is 0 Å². The Hall–Kier alpha value is -1.07. The largest absolute Gasteiger partial charge is 0.504 e. The van der Waals surface area contributed by atoms with Gasteiger partial charge in [-0.1, -0.05) is 6.07 Å². The lowest BCUT2D eigenvalue weighted by Crippen LogP contribution is -2.35. The van der Waals surface area contributed by atoms with Crippen molar-refractivity contribution in [3.05, 3.63) is 23.8 Å². The molecule has 0 aliphatic carbocycles. The highest BCUT2D eigenvalue weighted by molar-refractivity contribution is 7.85. The second-order valence-electron chi connectivity index (χ2n) is 4.51. The summed E-state index contributed by atoms with van der Waals surface area (Å²) in [7, 11) is 0.923. The standard InChI is InChI=1S/C13H19NO3S/c1-17-13-3-2-10(8-12(13)15)9-14-11-4-6-18(16)7-5-11/h2-3,8,11,14-15H,4-7,9H2,1H3. The molecule has 2 N–H and O–H groups in total. The fourth-order valence-corrected chi connectivity index (χ4v) is 3.40. The van der Waals surface area contributed by atoms with Crippen LogP contribution in [0.25, 0.3) is 0 Å². The van der Waals surface area contributed by atoms with Gasteiger partial charge in [-0.2, -0.15) is 0 Å². The first-order valence-corrected chi connectivity index (χ1v) is 7.62. The molecule has 0 unspecified atom stereocenters. The molecular formula is C13H19NO3S. The molecule has 0 saturated carbocycles. The Kier molecular flexibility index (Phi) is 4.60. The molecule has 18 heavy (non-hydrogen) atoms. The van der Waals surface area contributed by atoms with Crippen molar-refractivity contribution in [2.24, 2.45) is 0 Å². The van der Waals surface area contributed by atoms with Crippen molar-refractivity contribution >= 4 is 10.8 Å². The molecule has 1 saturated heterocycles. The molecule has 0 amide bonds. The SMILES string of the molecule is COc1ccc(CNC2CCS(=O)CC2)cc1O. The summed E-state index contributed by atoms with van der Waals surface area (Å²) in [5, 5.41) is 13.1. The summed E-state index contributed by atoms with van der Waals surface area (Å²) in [6.07, 6.45) is 1.93. The van der Waals surface area contributed by atoms with Crippen LogP contribution in [0.3, 0.4) is 0 Å². The first-order chi connectivity index (χ1) is 8.69. The van der Waals surface area contributed by atoms with Crippen molar-refractivity contribution in [1.29, 1.82) is 0 Å². The van der Waals surface area contributed by atoms with Crippen molar-refractivity contribution in [2.45, 2.75) is 25.4 Å². The summed E-state index contributed by atoms with van der Waals surface area (Å²) in [4.78, 5) is 0. The highest BCUT2D eigenvalue weighted by Crippen LogP contribution is 2.26. The van der Waals surface area contributed by atoms with Gasteiger partial charge in [0.1, 0.15) is 0 Å². The summed E-state index contributed by atoms with van der Waals surface area (Å²) < 4.78 is 16.2. The Labute approximate surface area is 110 Å². The van der Waals surface area contributed by atoms with Gasteiger partial charge in [-0.05, 0) is 30.5 Å². The number of rotatable bonds is 4. The summed E-state index contributed by atoms with van der Waals surface area (Å²) >= 11 is 0. The molecule has 0 atom stereocenters. The minimum Gasteiger partial charge on any atom is -0.504 e. The minimum absolute atomic E-state index is 0.168. The number of nitrogens with one attached hydrogen (secondary N) is 1. The van der Waals surface area contributed by atoms with Gasteiger partial charge in [0.25, 0.3) is 0 Å². The number of hydrogen-bond acceptors (Lipinski definition) is 4. The van der Waals surface area contributed by atoms with Gasteiger partial charge in [0, 0.05) is 34.9 Å². The molecule has 1 aromatic carbocycles. The minimum atomic E-state index is -0.614. The van der Waals surface area contributed by atoms with Gasteiger partial charge in [-0.15, -0.1) is 0 Å². The fraction of sp³-hybridized carbons (Fsp3) is 0.538. The molecular weight excluding hydrogens is 250 g/mol. The number of ether oxygens (including phenoxy) is 1. The van der Waals surface area contributed by atoms with Crippen LogP contribution in [0.5, 0.6) is 11.5 Å². The zero-order valence-corrected chi connectivity index (χ0v) is 11.3. The summed E-state index contributed by atoms with van der Waals surface area (Å²) in [6.45, 7) is 0.717. The second kappa shape index (κ2) is 6.20. The molecule has 5 heteroatoms. The third-order valence-corrected chi connectivity index (χ3v) is 4.61. The van der Waals surface area contributed by atoms with Crippen LogP contribution in [0.2, 0.25) is 0 Å². The van der Waals surface area contributed by atoms with E-state index in [4.69, 9.17) is 4.74 Å². The normalized spacial score (nSPS) is 23.8. The predicted octanol–water partition coefficient (Wildman–Crippen LogP) is 1.40. The maximum Gasteiger partial charge on any atom is 0.160 e. The van der Waals surface area contributed by atoms with E-state index in [0.29, 0.717) is 11.8 Å². The lowest BCUT2D eigenvalue weighted by atomic mass is 10.1. The second-order valence-corrected chi connectivity index (χ2v) is 6.21. The van der Waals surface area contributed by atoms with Crippen LogP contribution >= 0.6 is 0 Å². The van der Waals surface area contributed by atoms with Crippen LogP contribution < -0.4 is 10.1 Å². The van der Waals surface area contributed by atoms with Gasteiger partial charge < -0.3 is 15.2 Å². The van der Waals surface area contributed by atoms with Crippen LogP contribution in [-0.4, -0.2) is 34.0 Å². The molecule has 0 aromatic heterocycles. The Morgan fingerprint density at radius 1 is 1.44 bits per heavy atom. The number of hydrogen-bond donors (Lipinski definition) is 2. The lowest BCUT2D eigenvalue weighted by Gasteiger charge is -2.22. The van der Waals surface area contributed by atoms with Gasteiger partial charge in [-0.25, -0.2) is 0 Å². The molecule has 1 aliphatic rings. The van der Waals surface area contributed by atoms with E-state index in [1.165, 1.54) is 7.11 Å². The molecule has 1 aromatic rings. The van der Waals surface area contributed by atoms with Crippen LogP contribution in [0.15, 0.2) is 18.2 Å². The van der Waals surface area contributed by atoms with Crippen LogP contribution in [0.1, 0.15) is 18.4 Å². The number of benzene rings is 1. The van der Waals surface area contributed by atoms with E-state index < -0.39 is 10.8 Å². The van der Waals surface area contributed by atoms with Crippen molar-refractivity contribution < 1.29 is 14.1 Å². The number of methoxy groups -OCH3 is 1. The van der Waals surface area contributed by atoms with Crippen molar-refractivity contribution in [3.8, 4) is 11.5 Å². The zero-order chi connectivity index (χ0) is 13.0. The first kappa shape index (κ1) is 13.4. The van der Waals surface area contributed by atoms with E-state index in [1.807, 2.05) is 6.07 Å². The van der Waals surface area contributed by atoms with Gasteiger partial charge in [0.05, 0.1) is 7.11 Å². The quantitative estimate of drug-likeness (QED) is 0.867. The predicted molar refractivity (Wildman–Crippen MR) is 72.4 cm³/mol. The maximum absolute atomic E-state index is 11.2. The average Bonchev–Trinajstić information content (AvgIpc) is 2.38. The lowest BCUT2D eigenvalue weighted by molar-refractivity contribution is 0.372. The molecule has 2 rings (SSSR count). The van der Waals surface area contributed by atoms with E-state index in [1.54, 1.807) is 12.1 Å². The maximum atomic E-state index is 11.2. The Balaban J connectivity index is 1.86. The molecule has 0 bridgehead atoms. The highest BCUT2D eigenvalue weighted by atomic mass is 32.2. The first-order valence-electron chi connectivity index (χ1n) is 6.13. The zero-order valence-electron chi connectivity index (χ0n) is 10.5. The summed E-state index contributed by atoms with van der Waals surface area (Å²) in [6, 6.07) is 5.86. The highest BCUT2D eigenvalue weighted by Gasteiger charge is 2.17. The molecule has 100 valence electrons. The number of phenols is 1. The third kappa shape index (κ3) is 3.46. The average molecular weight is 269 g/mol. The third-order valence-electron chi connectivity index (χ3n) is 3.23. The van der Waals surface area contributed by atoms with E-state index in [2.05, 4.69) is 5.32 Å². The van der Waals surface area contributed by atoms with Crippen molar-refractivity contribution in [3.63, 3.8) is 0 Å². The van der Waals surface area contributed by atoms with E-state index >= 15 is 0 Å². The number of phenolic OH excluding ortho intramolecular Hbond substituents is 1. The molecule has 0 radical (unpaired) electrons. The van der Waals surface area contributed by atoms with Gasteiger partial charge in [-0.3, -0.25) is 4.21 Å². The monoisotopic (exact) mass is 269 g/mol. The topological polar surface area (TPSA) is 58.6 Å². The van der Waals surface area contributed by atoms with E-state index in [0.717, 1.165) is 36.5 Å². The molecule has 1 fully saturated rings. The van der Waals surface area contributed by atoms with Crippen LogP contribution in [0.4, 0.5) is 0 Å². The molecule has 1 aliphatic heterocycles. The smallest absolute Gasteiger partial charge is 0.160 e.